The molecule has 0 aromatic heterocycles. The number of amides is 3. The predicted molar refractivity (Wildman–Crippen MR) is 85.1 cm³/mol. The van der Waals surface area contributed by atoms with Crippen molar-refractivity contribution in [2.24, 2.45) is 11.3 Å². The smallest absolute Gasteiger partial charge is 0.410 e. The first-order valence-electron chi connectivity index (χ1n) is 9.06. The van der Waals surface area contributed by atoms with Crippen LogP contribution in [0.15, 0.2) is 0 Å². The van der Waals surface area contributed by atoms with Gasteiger partial charge in [-0.3, -0.25) is 14.5 Å². The molecule has 3 saturated heterocycles. The van der Waals surface area contributed by atoms with E-state index >= 15 is 0 Å². The summed E-state index contributed by atoms with van der Waals surface area (Å²) >= 11 is 0. The number of piperidine rings is 1. The molecule has 4 rings (SSSR count). The average molecular weight is 335 g/mol. The number of carbonyl (C=O) groups excluding carboxylic acids is 3. The molecule has 132 valence electrons. The summed E-state index contributed by atoms with van der Waals surface area (Å²) < 4.78 is 4.87. The number of hydrogen-bond donors (Lipinski definition) is 0. The molecule has 7 heteroatoms. The zero-order valence-electron chi connectivity index (χ0n) is 14.0. The van der Waals surface area contributed by atoms with Gasteiger partial charge in [0.25, 0.3) is 0 Å². The Labute approximate surface area is 141 Å². The van der Waals surface area contributed by atoms with E-state index < -0.39 is 6.09 Å². The van der Waals surface area contributed by atoms with Gasteiger partial charge in [-0.05, 0) is 38.0 Å². The minimum atomic E-state index is -0.415. The summed E-state index contributed by atoms with van der Waals surface area (Å²) in [6.45, 7) is 3.77. The molecule has 3 heterocycles. The lowest BCUT2D eigenvalue weighted by Crippen LogP contribution is -2.51. The first kappa shape index (κ1) is 15.7. The van der Waals surface area contributed by atoms with E-state index in [-0.39, 0.29) is 23.8 Å². The van der Waals surface area contributed by atoms with Gasteiger partial charge in [-0.1, -0.05) is 0 Å². The van der Waals surface area contributed by atoms with E-state index in [1.165, 1.54) is 17.7 Å². The Morgan fingerprint density at radius 3 is 2.67 bits per heavy atom. The molecular formula is C17H25N3O4. The highest BCUT2D eigenvalue weighted by Gasteiger charge is 2.50. The van der Waals surface area contributed by atoms with E-state index in [1.807, 2.05) is 4.90 Å². The molecule has 3 amide bonds. The molecule has 0 unspecified atom stereocenters. The van der Waals surface area contributed by atoms with Crippen LogP contribution in [-0.2, 0) is 14.3 Å². The molecule has 4 fully saturated rings. The molecule has 7 nitrogen and oxygen atoms in total. The first-order chi connectivity index (χ1) is 11.6. The van der Waals surface area contributed by atoms with E-state index in [2.05, 4.69) is 0 Å². The van der Waals surface area contributed by atoms with Crippen LogP contribution in [0.3, 0.4) is 0 Å². The zero-order valence-corrected chi connectivity index (χ0v) is 14.0. The molecule has 1 spiro atoms. The number of likely N-dealkylation sites (tertiary alicyclic amines) is 2. The molecule has 1 atom stereocenters. The van der Waals surface area contributed by atoms with Gasteiger partial charge in [0.15, 0.2) is 0 Å². The van der Waals surface area contributed by atoms with Gasteiger partial charge in [0.05, 0.1) is 12.0 Å². The van der Waals surface area contributed by atoms with E-state index in [4.69, 9.17) is 4.74 Å². The lowest BCUT2D eigenvalue weighted by atomic mass is 9.78. The lowest BCUT2D eigenvalue weighted by molar-refractivity contribution is -0.146. The van der Waals surface area contributed by atoms with Crippen molar-refractivity contribution in [3.63, 3.8) is 0 Å². The van der Waals surface area contributed by atoms with Crippen LogP contribution in [0.4, 0.5) is 4.79 Å². The topological polar surface area (TPSA) is 70.2 Å². The molecule has 3 aliphatic heterocycles. The molecule has 0 N–H and O–H groups in total. The van der Waals surface area contributed by atoms with Crippen LogP contribution in [0.5, 0.6) is 0 Å². The molecule has 1 aliphatic carbocycles. The molecule has 24 heavy (non-hydrogen) atoms. The number of nitrogens with zero attached hydrogens (tertiary/aromatic N) is 3. The SMILES string of the molecule is O=C(CN1CCOC1=O)N1CC[C@]2(CCCN(CC3CC3)C2=O)C1. The van der Waals surface area contributed by atoms with Gasteiger partial charge in [0.1, 0.15) is 13.2 Å². The van der Waals surface area contributed by atoms with Crippen LogP contribution < -0.4 is 0 Å². The number of ether oxygens (including phenoxy) is 1. The highest BCUT2D eigenvalue weighted by Crippen LogP contribution is 2.41. The van der Waals surface area contributed by atoms with Crippen molar-refractivity contribution in [1.29, 1.82) is 0 Å². The number of carbonyl (C=O) groups is 3. The highest BCUT2D eigenvalue weighted by molar-refractivity contribution is 5.87. The van der Waals surface area contributed by atoms with Crippen LogP contribution in [0.1, 0.15) is 32.1 Å². The standard InChI is InChI=1S/C17H25N3O4/c21-14(11-19-8-9-24-16(19)23)20-7-5-17(12-20)4-1-6-18(15(17)22)10-13-2-3-13/h13H,1-12H2/t17-/m1/s1. The van der Waals surface area contributed by atoms with E-state index in [1.54, 1.807) is 4.90 Å². The largest absolute Gasteiger partial charge is 0.448 e. The third-order valence-electron chi connectivity index (χ3n) is 5.88. The van der Waals surface area contributed by atoms with Gasteiger partial charge in [-0.15, -0.1) is 0 Å². The predicted octanol–water partition coefficient (Wildman–Crippen LogP) is 0.690. The first-order valence-corrected chi connectivity index (χ1v) is 9.06. The fourth-order valence-electron chi connectivity index (χ4n) is 4.24. The molecule has 1 saturated carbocycles. The summed E-state index contributed by atoms with van der Waals surface area (Å²) in [5, 5.41) is 0. The number of rotatable bonds is 4. The van der Waals surface area contributed by atoms with Crippen molar-refractivity contribution < 1.29 is 19.1 Å². The Morgan fingerprint density at radius 2 is 1.96 bits per heavy atom. The summed E-state index contributed by atoms with van der Waals surface area (Å²) in [5.41, 5.74) is -0.381. The summed E-state index contributed by atoms with van der Waals surface area (Å²) in [6, 6.07) is 0. The fraction of sp³-hybridized carbons (Fsp3) is 0.824. The van der Waals surface area contributed by atoms with Crippen LogP contribution in [-0.4, -0.2) is 78.5 Å². The second kappa shape index (κ2) is 5.93. The number of cyclic esters (lactones) is 1. The Kier molecular flexibility index (Phi) is 3.89. The molecule has 0 aromatic carbocycles. The van der Waals surface area contributed by atoms with Crippen molar-refractivity contribution in [3.05, 3.63) is 0 Å². The highest BCUT2D eigenvalue weighted by atomic mass is 16.6. The van der Waals surface area contributed by atoms with Gasteiger partial charge in [-0.2, -0.15) is 0 Å². The van der Waals surface area contributed by atoms with E-state index in [0.717, 1.165) is 32.4 Å². The minimum absolute atomic E-state index is 0.0644. The maximum Gasteiger partial charge on any atom is 0.410 e. The Bertz CT molecular complexity index is 562. The average Bonchev–Trinajstić information content (AvgIpc) is 3.14. The summed E-state index contributed by atoms with van der Waals surface area (Å²) in [5.74, 6) is 0.874. The summed E-state index contributed by atoms with van der Waals surface area (Å²) in [7, 11) is 0. The van der Waals surface area contributed by atoms with Gasteiger partial charge in [0, 0.05) is 26.2 Å². The quantitative estimate of drug-likeness (QED) is 0.758. The third-order valence-corrected chi connectivity index (χ3v) is 5.88. The normalized spacial score (nSPS) is 30.4. The third kappa shape index (κ3) is 2.84. The molecular weight excluding hydrogens is 310 g/mol. The maximum absolute atomic E-state index is 13.0. The van der Waals surface area contributed by atoms with Crippen LogP contribution in [0, 0.1) is 11.3 Å². The van der Waals surface area contributed by atoms with Crippen molar-refractivity contribution in [1.82, 2.24) is 14.7 Å². The van der Waals surface area contributed by atoms with Crippen molar-refractivity contribution in [2.75, 3.05) is 45.9 Å². The Morgan fingerprint density at radius 1 is 1.12 bits per heavy atom. The second-order valence-corrected chi connectivity index (χ2v) is 7.68. The maximum atomic E-state index is 13.0. The second-order valence-electron chi connectivity index (χ2n) is 7.68. The van der Waals surface area contributed by atoms with E-state index in [0.29, 0.717) is 32.2 Å². The van der Waals surface area contributed by atoms with Gasteiger partial charge in [-0.25, -0.2) is 4.79 Å². The van der Waals surface area contributed by atoms with Crippen molar-refractivity contribution in [2.45, 2.75) is 32.1 Å². The fourth-order valence-corrected chi connectivity index (χ4v) is 4.24. The minimum Gasteiger partial charge on any atom is -0.448 e. The van der Waals surface area contributed by atoms with Gasteiger partial charge >= 0.3 is 6.09 Å². The number of hydrogen-bond acceptors (Lipinski definition) is 4. The summed E-state index contributed by atoms with van der Waals surface area (Å²) in [4.78, 5) is 42.2. The monoisotopic (exact) mass is 335 g/mol. The van der Waals surface area contributed by atoms with E-state index in [9.17, 15) is 14.4 Å². The van der Waals surface area contributed by atoms with Gasteiger partial charge < -0.3 is 14.5 Å². The van der Waals surface area contributed by atoms with Crippen LogP contribution in [0.2, 0.25) is 0 Å². The lowest BCUT2D eigenvalue weighted by Gasteiger charge is -2.39. The summed E-state index contributed by atoms with van der Waals surface area (Å²) in [6.07, 6.45) is 4.73. The van der Waals surface area contributed by atoms with Crippen molar-refractivity contribution >= 4 is 17.9 Å². The molecule has 4 aliphatic rings. The van der Waals surface area contributed by atoms with Crippen molar-refractivity contribution in [3.8, 4) is 0 Å². The molecule has 0 aromatic rings. The Hall–Kier alpha value is -1.79. The van der Waals surface area contributed by atoms with Crippen LogP contribution >= 0.6 is 0 Å². The molecule has 0 radical (unpaired) electrons. The Balaban J connectivity index is 1.38. The molecule has 0 bridgehead atoms. The van der Waals surface area contributed by atoms with Gasteiger partial charge in [0.2, 0.25) is 11.8 Å². The van der Waals surface area contributed by atoms with Crippen LogP contribution in [0.25, 0.3) is 0 Å². The zero-order chi connectivity index (χ0) is 16.7.